The number of ketones is 2. The van der Waals surface area contributed by atoms with Crippen molar-refractivity contribution in [1.29, 1.82) is 0 Å². The van der Waals surface area contributed by atoms with E-state index in [1.807, 2.05) is 102 Å². The summed E-state index contributed by atoms with van der Waals surface area (Å²) in [5.74, 6) is 76.2. The van der Waals surface area contributed by atoms with E-state index in [0.717, 1.165) is 183 Å². The minimum Gasteiger partial charge on any atom is -0.478 e. The number of Topliss-reactive ketones (excluding diaryl/α,β-unsaturated/α-hetero) is 2. The Morgan fingerprint density at radius 2 is 0.718 bits per heavy atom. The van der Waals surface area contributed by atoms with E-state index >= 15 is 0 Å². The van der Waals surface area contributed by atoms with Gasteiger partial charge in [-0.2, -0.15) is 0 Å². The highest BCUT2D eigenvalue weighted by Gasteiger charge is 2.30. The van der Waals surface area contributed by atoms with Gasteiger partial charge < -0.3 is 28.7 Å². The molecule has 0 bridgehead atoms. The number of carbonyl (C=O) groups is 3. The van der Waals surface area contributed by atoms with Crippen LogP contribution in [-0.4, -0.2) is 55.5 Å². The van der Waals surface area contributed by atoms with Crippen LogP contribution < -0.4 is 14.5 Å². The van der Waals surface area contributed by atoms with Crippen LogP contribution in [0.15, 0.2) is 194 Å². The number of ether oxygens (including phenoxy) is 4. The molecular weight excluding hydrogens is 1820 g/mol. The minimum atomic E-state index is -0.0165. The van der Waals surface area contributed by atoms with Gasteiger partial charge in [0, 0.05) is 103 Å². The first kappa shape index (κ1) is 121. The summed E-state index contributed by atoms with van der Waals surface area (Å²) in [4.78, 5) is 42.2. The van der Waals surface area contributed by atoms with Crippen molar-refractivity contribution in [3.63, 3.8) is 0 Å². The number of carbonyl (C=O) groups excluding carboxylic acids is 3. The predicted octanol–water partition coefficient (Wildman–Crippen LogP) is 31.3. The Labute approximate surface area is 900 Å². The van der Waals surface area contributed by atoms with Crippen molar-refractivity contribution in [1.82, 2.24) is 0 Å². The lowest BCUT2D eigenvalue weighted by molar-refractivity contribution is -0.120. The van der Waals surface area contributed by atoms with E-state index in [4.69, 9.17) is 18.9 Å². The second-order valence-corrected chi connectivity index (χ2v) is 43.5. The number of fused-ring (bicyclic) bond motifs is 6. The second kappa shape index (κ2) is 64.6. The van der Waals surface area contributed by atoms with Crippen LogP contribution in [0.4, 0.5) is 11.4 Å². The van der Waals surface area contributed by atoms with Gasteiger partial charge in [0.25, 0.3) is 0 Å². The molecule has 4 atom stereocenters. The number of hydrogen-bond acceptors (Lipinski definition) is 8. The summed E-state index contributed by atoms with van der Waals surface area (Å²) in [5.41, 5.74) is 17.4. The maximum absolute atomic E-state index is 13.1. The zero-order valence-electron chi connectivity index (χ0n) is 93.4. The molecule has 0 spiro atoms. The quantitative estimate of drug-likeness (QED) is 0.0338. The third-order valence-corrected chi connectivity index (χ3v) is 28.3. The van der Waals surface area contributed by atoms with Crippen molar-refractivity contribution in [2.24, 2.45) is 32.5 Å². The summed E-state index contributed by atoms with van der Waals surface area (Å²) in [7, 11) is 0. The molecule has 9 nitrogen and oxygen atoms in total. The Bertz CT molecular complexity index is 6530. The van der Waals surface area contributed by atoms with Crippen LogP contribution in [0.1, 0.15) is 393 Å². The highest BCUT2D eigenvalue weighted by Crippen LogP contribution is 2.37. The fourth-order valence-corrected chi connectivity index (χ4v) is 16.0. The number of benzene rings is 8. The van der Waals surface area contributed by atoms with E-state index in [9.17, 15) is 14.4 Å². The summed E-state index contributed by atoms with van der Waals surface area (Å²) in [6.07, 6.45) is 28.6. The van der Waals surface area contributed by atoms with E-state index in [1.165, 1.54) is 86.6 Å². The molecule has 8 aromatic rings. The minimum absolute atomic E-state index is 0.000407. The van der Waals surface area contributed by atoms with Gasteiger partial charge in [-0.3, -0.25) is 14.4 Å². The normalized spacial score (nSPS) is 15.2. The number of hydrogen-bond donors (Lipinski definition) is 0. The van der Waals surface area contributed by atoms with Crippen LogP contribution in [0.25, 0.3) is 0 Å². The van der Waals surface area contributed by atoms with Gasteiger partial charge >= 0.3 is 0 Å². The Hall–Kier alpha value is -13.7. The molecule has 149 heavy (non-hydrogen) atoms. The molecule has 0 fully saturated rings. The van der Waals surface area contributed by atoms with Crippen molar-refractivity contribution in [3.05, 3.63) is 266 Å². The van der Waals surface area contributed by atoms with Crippen LogP contribution in [-0.2, 0) is 45.1 Å². The number of anilines is 2. The van der Waals surface area contributed by atoms with Gasteiger partial charge in [-0.25, -0.2) is 0 Å². The number of para-hydroxylation sites is 2. The first-order valence-corrected chi connectivity index (χ1v) is 54.4. The van der Waals surface area contributed by atoms with Crippen LogP contribution in [0, 0.1) is 186 Å². The van der Waals surface area contributed by atoms with E-state index in [1.54, 1.807) is 13.8 Å². The average molecular weight is 1980 g/mol. The lowest BCUT2D eigenvalue weighted by Gasteiger charge is -2.35. The first-order valence-electron chi connectivity index (χ1n) is 54.4. The van der Waals surface area contributed by atoms with Crippen LogP contribution in [0.2, 0.25) is 0 Å². The molecule has 1 amide bonds. The van der Waals surface area contributed by atoms with Crippen molar-refractivity contribution in [2.75, 3.05) is 29.6 Å². The molecule has 9 heteroatoms. The lowest BCUT2D eigenvalue weighted by Crippen LogP contribution is -2.34. The molecule has 0 aromatic heterocycles. The van der Waals surface area contributed by atoms with Crippen molar-refractivity contribution in [3.8, 4) is 160 Å². The third kappa shape index (κ3) is 45.5. The molecule has 6 aliphatic rings. The van der Waals surface area contributed by atoms with Gasteiger partial charge in [0.2, 0.25) is 5.91 Å². The van der Waals surface area contributed by atoms with E-state index < -0.39 is 0 Å². The molecule has 2 aliphatic heterocycles. The molecule has 0 saturated heterocycles. The Balaban J connectivity index is 0.000000213. The van der Waals surface area contributed by atoms with Gasteiger partial charge in [-0.05, 0) is 308 Å². The second-order valence-electron chi connectivity index (χ2n) is 43.5. The summed E-state index contributed by atoms with van der Waals surface area (Å²) in [5, 5.41) is 0. The molecule has 0 saturated carbocycles. The fraction of sp³-hybridized carbons (Fsp3) is 0.450. The third-order valence-electron chi connectivity index (χ3n) is 28.3. The zero-order valence-corrected chi connectivity index (χ0v) is 93.4. The monoisotopic (exact) mass is 1980 g/mol. The standard InChI is InChI=1S/C23H32O2.C22H23NO.C22H30O2.C22H24O.C21H23N.C16H6.C14H24O/c1-4-23(2,3)17-16-22(24)20-14-12-19(13-15-20)18-25-21-10-8-6-5-7-9-11-21;1-4-22(2,3)15-21(24)23-16-19-11-6-5-9-17(19)13-14-18-10-7-8-12-20(18)23;1-4-22(2,3)17-16-21(23)18-12-14-20(15-13-18)24-19-10-8-6-5-7-9-11-19;1-4-22(2,3)16-23-21-15-19-11-6-5-9-17(19)13-14-18-10-7-8-12-20(18)21;1-4-21(2,3)16-22-15-19-11-6-5-9-17(19)13-14-18-10-7-8-12-20(18)22;1-3-5-7-9-11-13-15-16-14-12-10-8-6-4-2;1-4-14(2,3)12-15-13-10-8-6-5-7-9-11-13/h12-15,21H,4-8,10,16-18H2,1-3H3;5-12H,4,15-16H2,1-3H3;12-15,19H,4-8,10,16-17H2,1-3H3;5-12,21H,4,15-16H2,1-3H3;5-12H,4,15-16H2,1-3H3;1-2H3;13H,4-8,10,12H2,1-3H3. The number of nitrogens with zero attached hydrogens (tertiary/aromatic N) is 2. The first-order chi connectivity index (χ1) is 71.7. The lowest BCUT2D eigenvalue weighted by atomic mass is 9.84. The SMILES string of the molecule is CC#CC#CC#CC#CC#CC#CC#CC.CCC(C)(C)CC(=O)N1Cc2ccccc2C#Cc2ccccc21.CCC(C)(C)CCC(=O)c1ccc(COC2C#CCCCCC2)cc1.CCC(C)(C)CCC(=O)c1ccc(OC2C#CCCCCC2)cc1.CCC(C)(C)CN1Cc2ccccc2C#Cc2ccccc21.CCC(C)(C)COC1C#CCCCCC1.CCC(C)(C)COC1Cc2ccccc2C#Cc2ccccc21. The van der Waals surface area contributed by atoms with Gasteiger partial charge in [0.1, 0.15) is 18.0 Å². The molecule has 8 aromatic carbocycles. The summed E-state index contributed by atoms with van der Waals surface area (Å²) in [6.45, 7) is 48.2. The molecule has 14 rings (SSSR count). The van der Waals surface area contributed by atoms with E-state index in [-0.39, 0.29) is 69.0 Å². The maximum atomic E-state index is 13.1. The van der Waals surface area contributed by atoms with Crippen molar-refractivity contribution < 1.29 is 33.3 Å². The largest absolute Gasteiger partial charge is 0.478 e. The van der Waals surface area contributed by atoms with Crippen LogP contribution in [0.3, 0.4) is 0 Å². The fourth-order valence-electron chi connectivity index (χ4n) is 16.0. The average Bonchev–Trinajstić information content (AvgIpc) is 0.807. The van der Waals surface area contributed by atoms with Gasteiger partial charge in [0.05, 0.1) is 43.8 Å². The van der Waals surface area contributed by atoms with Crippen molar-refractivity contribution in [2.45, 2.75) is 356 Å². The molecule has 0 N–H and O–H groups in total. The van der Waals surface area contributed by atoms with E-state index in [2.05, 4.69) is 381 Å². The number of rotatable bonds is 29. The molecule has 2 heterocycles. The Kier molecular flexibility index (Phi) is 52.2. The number of amides is 1. The smallest absolute Gasteiger partial charge is 0.227 e. The topological polar surface area (TPSA) is 94.6 Å². The van der Waals surface area contributed by atoms with Crippen LogP contribution in [0.5, 0.6) is 5.75 Å². The molecule has 774 valence electrons. The predicted molar refractivity (Wildman–Crippen MR) is 621 cm³/mol. The Morgan fingerprint density at radius 1 is 0.349 bits per heavy atom. The Morgan fingerprint density at radius 3 is 1.19 bits per heavy atom. The molecule has 4 aliphatic carbocycles. The molecule has 4 unspecified atom stereocenters. The maximum Gasteiger partial charge on any atom is 0.227 e. The van der Waals surface area contributed by atoms with Crippen molar-refractivity contribution >= 4 is 28.8 Å². The van der Waals surface area contributed by atoms with Gasteiger partial charge in [-0.15, -0.1) is 11.8 Å². The summed E-state index contributed by atoms with van der Waals surface area (Å²) >= 11 is 0. The molecular formula is C140H162N2O7. The van der Waals surface area contributed by atoms with E-state index in [0.29, 0.717) is 37.8 Å². The van der Waals surface area contributed by atoms with Gasteiger partial charge in [0.15, 0.2) is 17.7 Å². The summed E-state index contributed by atoms with van der Waals surface area (Å²) < 4.78 is 24.2. The highest BCUT2D eigenvalue weighted by atomic mass is 16.5. The van der Waals surface area contributed by atoms with Crippen LogP contribution >= 0.6 is 0 Å². The highest BCUT2D eigenvalue weighted by molar-refractivity contribution is 5.97. The van der Waals surface area contributed by atoms with Gasteiger partial charge in [-0.1, -0.05) is 356 Å². The zero-order chi connectivity index (χ0) is 108. The molecule has 0 radical (unpaired) electrons. The summed E-state index contributed by atoms with van der Waals surface area (Å²) in [6, 6.07) is 65.3.